The number of nitrogens with one attached hydrogen (secondary N) is 1. The Balaban J connectivity index is 0.00000192. The Bertz CT molecular complexity index is 498. The highest BCUT2D eigenvalue weighted by Crippen LogP contribution is 2.21. The number of piperidine rings is 2. The predicted molar refractivity (Wildman–Crippen MR) is 89.5 cm³/mol. The minimum atomic E-state index is -0.256. The average Bonchev–Trinajstić information content (AvgIpc) is 2.58. The third-order valence-electron chi connectivity index (χ3n) is 4.52. The molecule has 0 saturated carbocycles. The Labute approximate surface area is 142 Å². The molecule has 2 heterocycles. The average molecular weight is 343 g/mol. The lowest BCUT2D eigenvalue weighted by molar-refractivity contribution is -0.137. The third-order valence-corrected chi connectivity index (χ3v) is 4.52. The smallest absolute Gasteiger partial charge is 0.226 e. The summed E-state index contributed by atoms with van der Waals surface area (Å²) in [7, 11) is 0. The van der Waals surface area contributed by atoms with Crippen molar-refractivity contribution < 1.29 is 13.9 Å². The van der Waals surface area contributed by atoms with Crippen molar-refractivity contribution >= 4 is 18.3 Å². The topological polar surface area (TPSA) is 41.6 Å². The van der Waals surface area contributed by atoms with E-state index in [0.717, 1.165) is 51.9 Å². The van der Waals surface area contributed by atoms with Gasteiger partial charge in [-0.3, -0.25) is 4.79 Å². The molecule has 2 saturated heterocycles. The SMILES string of the molecule is Cl.O=C(C1CCCNC1)N1CCC(Oc2ccc(F)cc2)CC1. The first kappa shape index (κ1) is 18.0. The Morgan fingerprint density at radius 3 is 2.48 bits per heavy atom. The van der Waals surface area contributed by atoms with Crippen LogP contribution in [0.3, 0.4) is 0 Å². The van der Waals surface area contributed by atoms with Crippen LogP contribution in [0.15, 0.2) is 24.3 Å². The Kier molecular flexibility index (Phi) is 6.66. The van der Waals surface area contributed by atoms with E-state index in [9.17, 15) is 9.18 Å². The van der Waals surface area contributed by atoms with E-state index in [0.29, 0.717) is 5.75 Å². The van der Waals surface area contributed by atoms with Crippen LogP contribution in [0.5, 0.6) is 5.75 Å². The van der Waals surface area contributed by atoms with Gasteiger partial charge in [-0.1, -0.05) is 0 Å². The van der Waals surface area contributed by atoms with Gasteiger partial charge >= 0.3 is 0 Å². The zero-order valence-electron chi connectivity index (χ0n) is 13.2. The number of carbonyl (C=O) groups is 1. The minimum absolute atomic E-state index is 0. The molecule has 6 heteroatoms. The van der Waals surface area contributed by atoms with Crippen LogP contribution in [0.25, 0.3) is 0 Å². The molecule has 4 nitrogen and oxygen atoms in total. The van der Waals surface area contributed by atoms with Crippen molar-refractivity contribution in [3.63, 3.8) is 0 Å². The van der Waals surface area contributed by atoms with Gasteiger partial charge in [0.15, 0.2) is 0 Å². The van der Waals surface area contributed by atoms with Crippen LogP contribution in [-0.2, 0) is 4.79 Å². The fourth-order valence-electron chi connectivity index (χ4n) is 3.22. The third kappa shape index (κ3) is 4.82. The first-order chi connectivity index (χ1) is 10.7. The molecule has 0 radical (unpaired) electrons. The number of hydrogen-bond donors (Lipinski definition) is 1. The van der Waals surface area contributed by atoms with Gasteiger partial charge in [-0.25, -0.2) is 4.39 Å². The molecule has 3 rings (SSSR count). The van der Waals surface area contributed by atoms with Crippen molar-refractivity contribution in [3.05, 3.63) is 30.1 Å². The van der Waals surface area contributed by atoms with Gasteiger partial charge in [-0.15, -0.1) is 12.4 Å². The number of nitrogens with zero attached hydrogens (tertiary/aromatic N) is 1. The summed E-state index contributed by atoms with van der Waals surface area (Å²) in [5.41, 5.74) is 0. The van der Waals surface area contributed by atoms with Crippen molar-refractivity contribution in [3.8, 4) is 5.75 Å². The highest BCUT2D eigenvalue weighted by Gasteiger charge is 2.29. The Morgan fingerprint density at radius 1 is 1.17 bits per heavy atom. The molecule has 0 bridgehead atoms. The maximum atomic E-state index is 12.9. The van der Waals surface area contributed by atoms with Crippen molar-refractivity contribution in [1.82, 2.24) is 10.2 Å². The molecule has 23 heavy (non-hydrogen) atoms. The second-order valence-corrected chi connectivity index (χ2v) is 6.14. The highest BCUT2D eigenvalue weighted by molar-refractivity contribution is 5.85. The molecule has 0 aliphatic carbocycles. The molecule has 128 valence electrons. The van der Waals surface area contributed by atoms with Crippen molar-refractivity contribution in [2.24, 2.45) is 5.92 Å². The van der Waals surface area contributed by atoms with Gasteiger partial charge in [0, 0.05) is 32.5 Å². The van der Waals surface area contributed by atoms with Crippen LogP contribution < -0.4 is 10.1 Å². The van der Waals surface area contributed by atoms with Gasteiger partial charge in [0.2, 0.25) is 5.91 Å². The van der Waals surface area contributed by atoms with Gasteiger partial charge in [0.05, 0.1) is 5.92 Å². The van der Waals surface area contributed by atoms with E-state index >= 15 is 0 Å². The van der Waals surface area contributed by atoms with Crippen molar-refractivity contribution in [2.45, 2.75) is 31.8 Å². The standard InChI is InChI=1S/C17H23FN2O2.ClH/c18-14-3-5-15(6-4-14)22-16-7-10-20(11-8-16)17(21)13-2-1-9-19-12-13;/h3-6,13,16,19H,1-2,7-12H2;1H. The van der Waals surface area contributed by atoms with E-state index < -0.39 is 0 Å². The number of amides is 1. The van der Waals surface area contributed by atoms with Gasteiger partial charge < -0.3 is 15.0 Å². The van der Waals surface area contributed by atoms with Crippen LogP contribution in [0.1, 0.15) is 25.7 Å². The van der Waals surface area contributed by atoms with Crippen LogP contribution >= 0.6 is 12.4 Å². The largest absolute Gasteiger partial charge is 0.490 e. The van der Waals surface area contributed by atoms with Gasteiger partial charge in [0.25, 0.3) is 0 Å². The molecule has 1 unspecified atom stereocenters. The normalized spacial score (nSPS) is 22.3. The molecule has 0 spiro atoms. The first-order valence-electron chi connectivity index (χ1n) is 8.14. The number of benzene rings is 1. The summed E-state index contributed by atoms with van der Waals surface area (Å²) in [5, 5.41) is 3.30. The molecule has 1 atom stereocenters. The van der Waals surface area contributed by atoms with E-state index in [2.05, 4.69) is 5.32 Å². The summed E-state index contributed by atoms with van der Waals surface area (Å²) in [6.07, 6.45) is 3.87. The fraction of sp³-hybridized carbons (Fsp3) is 0.588. The molecule has 2 aliphatic rings. The first-order valence-corrected chi connectivity index (χ1v) is 8.14. The second-order valence-electron chi connectivity index (χ2n) is 6.14. The summed E-state index contributed by atoms with van der Waals surface area (Å²) < 4.78 is 18.7. The molecule has 1 aromatic rings. The van der Waals surface area contributed by atoms with E-state index in [-0.39, 0.29) is 36.2 Å². The van der Waals surface area contributed by atoms with Crippen LogP contribution in [0, 0.1) is 11.7 Å². The summed E-state index contributed by atoms with van der Waals surface area (Å²) in [5.74, 6) is 0.868. The fourth-order valence-corrected chi connectivity index (χ4v) is 3.22. The number of hydrogen-bond acceptors (Lipinski definition) is 3. The quantitative estimate of drug-likeness (QED) is 0.918. The van der Waals surface area contributed by atoms with Gasteiger partial charge in [-0.2, -0.15) is 0 Å². The van der Waals surface area contributed by atoms with E-state index in [1.165, 1.54) is 12.1 Å². The van der Waals surface area contributed by atoms with E-state index in [1.54, 1.807) is 12.1 Å². The van der Waals surface area contributed by atoms with Crippen LogP contribution in [0.2, 0.25) is 0 Å². The number of halogens is 2. The molecular formula is C17H24ClFN2O2. The Hall–Kier alpha value is -1.33. The lowest BCUT2D eigenvalue weighted by atomic mass is 9.96. The molecule has 1 N–H and O–H groups in total. The molecule has 2 fully saturated rings. The van der Waals surface area contributed by atoms with Crippen LogP contribution in [0.4, 0.5) is 4.39 Å². The number of likely N-dealkylation sites (tertiary alicyclic amines) is 1. The van der Waals surface area contributed by atoms with E-state index in [4.69, 9.17) is 4.74 Å². The lowest BCUT2D eigenvalue weighted by Crippen LogP contribution is -2.47. The monoisotopic (exact) mass is 342 g/mol. The van der Waals surface area contributed by atoms with Crippen molar-refractivity contribution in [1.29, 1.82) is 0 Å². The number of rotatable bonds is 3. The molecule has 1 aromatic carbocycles. The number of carbonyl (C=O) groups excluding carboxylic acids is 1. The summed E-state index contributed by atoms with van der Waals surface area (Å²) >= 11 is 0. The van der Waals surface area contributed by atoms with Gasteiger partial charge in [-0.05, 0) is 43.7 Å². The predicted octanol–water partition coefficient (Wildman–Crippen LogP) is 2.62. The minimum Gasteiger partial charge on any atom is -0.490 e. The highest BCUT2D eigenvalue weighted by atomic mass is 35.5. The molecule has 1 amide bonds. The van der Waals surface area contributed by atoms with Gasteiger partial charge in [0.1, 0.15) is 17.7 Å². The summed E-state index contributed by atoms with van der Waals surface area (Å²) in [6, 6.07) is 6.12. The molecule has 0 aromatic heterocycles. The summed E-state index contributed by atoms with van der Waals surface area (Å²) in [6.45, 7) is 3.34. The Morgan fingerprint density at radius 2 is 1.87 bits per heavy atom. The maximum Gasteiger partial charge on any atom is 0.226 e. The zero-order chi connectivity index (χ0) is 15.4. The number of ether oxygens (including phenoxy) is 1. The van der Waals surface area contributed by atoms with Crippen molar-refractivity contribution in [2.75, 3.05) is 26.2 Å². The second kappa shape index (κ2) is 8.50. The molecular weight excluding hydrogens is 319 g/mol. The molecule has 2 aliphatic heterocycles. The summed E-state index contributed by atoms with van der Waals surface area (Å²) in [4.78, 5) is 14.4. The van der Waals surface area contributed by atoms with Crippen LogP contribution in [-0.4, -0.2) is 43.1 Å². The lowest BCUT2D eigenvalue weighted by Gasteiger charge is -2.35. The van der Waals surface area contributed by atoms with E-state index in [1.807, 2.05) is 4.90 Å². The zero-order valence-corrected chi connectivity index (χ0v) is 14.0. The maximum absolute atomic E-state index is 12.9.